The summed E-state index contributed by atoms with van der Waals surface area (Å²) in [6.07, 6.45) is 10.3. The highest BCUT2D eigenvalue weighted by Crippen LogP contribution is 2.40. The summed E-state index contributed by atoms with van der Waals surface area (Å²) in [5.74, 6) is 0.971. The lowest BCUT2D eigenvalue weighted by Gasteiger charge is -2.42. The quantitative estimate of drug-likeness (QED) is 0.799. The fraction of sp³-hybridized carbons (Fsp3) is 0.938. The van der Waals surface area contributed by atoms with Gasteiger partial charge >= 0.3 is 0 Å². The Kier molecular flexibility index (Phi) is 3.82. The summed E-state index contributed by atoms with van der Waals surface area (Å²) in [4.78, 5) is 2.78. The van der Waals surface area contributed by atoms with E-state index in [0.29, 0.717) is 6.04 Å². The molecule has 2 atom stereocenters. The zero-order valence-corrected chi connectivity index (χ0v) is 12.2. The molecular weight excluding hydrogens is 234 g/mol. The Bertz CT molecular complexity index is 349. The third-order valence-electron chi connectivity index (χ3n) is 5.11. The van der Waals surface area contributed by atoms with Crippen LogP contribution in [0.4, 0.5) is 0 Å². The van der Waals surface area contributed by atoms with E-state index < -0.39 is 0 Å². The van der Waals surface area contributed by atoms with Crippen molar-refractivity contribution in [2.75, 3.05) is 13.1 Å². The highest BCUT2D eigenvalue weighted by Gasteiger charge is 2.43. The minimum atomic E-state index is -0.242. The molecule has 0 bridgehead atoms. The normalized spacial score (nSPS) is 35.3. The molecule has 3 heteroatoms. The average molecular weight is 261 g/mol. The maximum Gasteiger partial charge on any atom is 0.108 e. The molecule has 3 saturated carbocycles. The van der Waals surface area contributed by atoms with Gasteiger partial charge in [0, 0.05) is 18.6 Å². The van der Waals surface area contributed by atoms with Gasteiger partial charge in [-0.25, -0.2) is 0 Å². The second-order valence-corrected chi connectivity index (χ2v) is 6.85. The van der Waals surface area contributed by atoms with Gasteiger partial charge in [-0.2, -0.15) is 5.26 Å². The number of rotatable bonds is 6. The third-order valence-corrected chi connectivity index (χ3v) is 5.11. The Hall–Kier alpha value is -0.590. The smallest absolute Gasteiger partial charge is 0.108 e. The molecule has 3 nitrogen and oxygen atoms in total. The SMILES string of the molecule is CCNC1(C#N)CCCC(N(CC2CC2)C2CC2)C1. The Morgan fingerprint density at radius 1 is 1.21 bits per heavy atom. The van der Waals surface area contributed by atoms with Gasteiger partial charge in [-0.1, -0.05) is 6.92 Å². The standard InChI is InChI=1S/C16H27N3/c1-2-18-16(12-17)9-3-4-15(10-16)19(14-7-8-14)11-13-5-6-13/h13-15,18H,2-11H2,1H3. The lowest BCUT2D eigenvalue weighted by molar-refractivity contribution is 0.108. The van der Waals surface area contributed by atoms with E-state index in [4.69, 9.17) is 0 Å². The lowest BCUT2D eigenvalue weighted by atomic mass is 9.79. The van der Waals surface area contributed by atoms with Gasteiger partial charge in [-0.3, -0.25) is 10.2 Å². The van der Waals surface area contributed by atoms with E-state index in [9.17, 15) is 5.26 Å². The molecule has 0 heterocycles. The topological polar surface area (TPSA) is 39.1 Å². The molecular formula is C16H27N3. The summed E-state index contributed by atoms with van der Waals surface area (Å²) < 4.78 is 0. The summed E-state index contributed by atoms with van der Waals surface area (Å²) in [5, 5.41) is 13.1. The largest absolute Gasteiger partial charge is 0.300 e. The molecule has 0 aromatic rings. The fourth-order valence-electron chi connectivity index (χ4n) is 3.77. The van der Waals surface area contributed by atoms with Crippen LogP contribution in [0.5, 0.6) is 0 Å². The monoisotopic (exact) mass is 261 g/mol. The molecule has 3 fully saturated rings. The average Bonchev–Trinajstić information content (AvgIpc) is 3.28. The Morgan fingerprint density at radius 2 is 2.00 bits per heavy atom. The van der Waals surface area contributed by atoms with Crippen LogP contribution < -0.4 is 5.32 Å². The van der Waals surface area contributed by atoms with Gasteiger partial charge in [0.25, 0.3) is 0 Å². The van der Waals surface area contributed by atoms with Gasteiger partial charge in [0.05, 0.1) is 6.07 Å². The van der Waals surface area contributed by atoms with Crippen molar-refractivity contribution in [2.45, 2.75) is 75.9 Å². The molecule has 0 saturated heterocycles. The first-order valence-corrected chi connectivity index (χ1v) is 8.18. The first-order chi connectivity index (χ1) is 9.26. The number of hydrogen-bond acceptors (Lipinski definition) is 3. The van der Waals surface area contributed by atoms with Crippen LogP contribution in [0.25, 0.3) is 0 Å². The molecule has 3 rings (SSSR count). The van der Waals surface area contributed by atoms with Crippen LogP contribution in [0, 0.1) is 17.2 Å². The van der Waals surface area contributed by atoms with Gasteiger partial charge < -0.3 is 0 Å². The number of nitrogens with zero attached hydrogens (tertiary/aromatic N) is 2. The van der Waals surface area contributed by atoms with Gasteiger partial charge in [-0.15, -0.1) is 0 Å². The van der Waals surface area contributed by atoms with Crippen molar-refractivity contribution < 1.29 is 0 Å². The Labute approximate surface area is 117 Å². The van der Waals surface area contributed by atoms with E-state index in [1.807, 2.05) is 0 Å². The van der Waals surface area contributed by atoms with E-state index in [-0.39, 0.29) is 5.54 Å². The minimum Gasteiger partial charge on any atom is -0.300 e. The molecule has 0 aliphatic heterocycles. The van der Waals surface area contributed by atoms with Crippen LogP contribution in [-0.2, 0) is 0 Å². The predicted molar refractivity (Wildman–Crippen MR) is 76.7 cm³/mol. The Morgan fingerprint density at radius 3 is 2.58 bits per heavy atom. The second kappa shape index (κ2) is 5.42. The van der Waals surface area contributed by atoms with E-state index in [1.165, 1.54) is 45.1 Å². The molecule has 0 aromatic carbocycles. The van der Waals surface area contributed by atoms with Crippen molar-refractivity contribution in [3.05, 3.63) is 0 Å². The van der Waals surface area contributed by atoms with Crippen LogP contribution in [0.3, 0.4) is 0 Å². The van der Waals surface area contributed by atoms with E-state index in [0.717, 1.165) is 31.3 Å². The van der Waals surface area contributed by atoms with Gasteiger partial charge in [0.1, 0.15) is 5.54 Å². The van der Waals surface area contributed by atoms with Crippen molar-refractivity contribution in [3.8, 4) is 6.07 Å². The molecule has 0 radical (unpaired) electrons. The van der Waals surface area contributed by atoms with Crippen molar-refractivity contribution in [2.24, 2.45) is 5.92 Å². The summed E-state index contributed by atoms with van der Waals surface area (Å²) in [5.41, 5.74) is -0.242. The van der Waals surface area contributed by atoms with Gasteiger partial charge in [0.15, 0.2) is 0 Å². The summed E-state index contributed by atoms with van der Waals surface area (Å²) in [7, 11) is 0. The van der Waals surface area contributed by atoms with E-state index in [2.05, 4.69) is 23.2 Å². The molecule has 0 aromatic heterocycles. The van der Waals surface area contributed by atoms with Crippen molar-refractivity contribution >= 4 is 0 Å². The van der Waals surface area contributed by atoms with Gasteiger partial charge in [0.2, 0.25) is 0 Å². The Balaban J connectivity index is 1.66. The van der Waals surface area contributed by atoms with Crippen LogP contribution in [0.2, 0.25) is 0 Å². The maximum absolute atomic E-state index is 9.59. The van der Waals surface area contributed by atoms with Crippen molar-refractivity contribution in [1.29, 1.82) is 5.26 Å². The fourth-order valence-corrected chi connectivity index (χ4v) is 3.77. The first-order valence-electron chi connectivity index (χ1n) is 8.18. The predicted octanol–water partition coefficient (Wildman–Crippen LogP) is 2.68. The molecule has 3 aliphatic rings. The molecule has 0 spiro atoms. The molecule has 106 valence electrons. The minimum absolute atomic E-state index is 0.242. The second-order valence-electron chi connectivity index (χ2n) is 6.85. The molecule has 0 amide bonds. The third kappa shape index (κ3) is 3.12. The van der Waals surface area contributed by atoms with Crippen LogP contribution in [0.15, 0.2) is 0 Å². The molecule has 1 N–H and O–H groups in total. The molecule has 3 aliphatic carbocycles. The number of nitrogens with one attached hydrogen (secondary N) is 1. The highest BCUT2D eigenvalue weighted by molar-refractivity contribution is 5.12. The number of nitriles is 1. The van der Waals surface area contributed by atoms with Crippen molar-refractivity contribution in [1.82, 2.24) is 10.2 Å². The number of hydrogen-bond donors (Lipinski definition) is 1. The van der Waals surface area contributed by atoms with Crippen molar-refractivity contribution in [3.63, 3.8) is 0 Å². The molecule has 2 unspecified atom stereocenters. The summed E-state index contributed by atoms with van der Waals surface area (Å²) >= 11 is 0. The lowest BCUT2D eigenvalue weighted by Crippen LogP contribution is -2.53. The van der Waals surface area contributed by atoms with Gasteiger partial charge in [-0.05, 0) is 63.8 Å². The summed E-state index contributed by atoms with van der Waals surface area (Å²) in [6.45, 7) is 4.33. The van der Waals surface area contributed by atoms with E-state index in [1.54, 1.807) is 0 Å². The van der Waals surface area contributed by atoms with Crippen LogP contribution in [0.1, 0.15) is 58.3 Å². The van der Waals surface area contributed by atoms with Crippen LogP contribution >= 0.6 is 0 Å². The molecule has 19 heavy (non-hydrogen) atoms. The zero-order valence-electron chi connectivity index (χ0n) is 12.2. The zero-order chi connectivity index (χ0) is 13.3. The van der Waals surface area contributed by atoms with E-state index >= 15 is 0 Å². The maximum atomic E-state index is 9.59. The highest BCUT2D eigenvalue weighted by atomic mass is 15.2. The first kappa shape index (κ1) is 13.4. The van der Waals surface area contributed by atoms with Crippen LogP contribution in [-0.4, -0.2) is 35.6 Å². The summed E-state index contributed by atoms with van der Waals surface area (Å²) in [6, 6.07) is 4.10.